The van der Waals surface area contributed by atoms with Crippen molar-refractivity contribution in [1.29, 1.82) is 0 Å². The molecule has 3 aromatic rings. The van der Waals surface area contributed by atoms with Gasteiger partial charge in [-0.1, -0.05) is 0 Å². The number of nitrogens with zero attached hydrogens (tertiary/aromatic N) is 1. The Bertz CT molecular complexity index is 775. The van der Waals surface area contributed by atoms with E-state index in [2.05, 4.69) is 4.98 Å². The van der Waals surface area contributed by atoms with Crippen LogP contribution in [-0.2, 0) is 0 Å². The summed E-state index contributed by atoms with van der Waals surface area (Å²) in [6.07, 6.45) is 3.18. The molecule has 0 amide bonds. The number of carbonyl (C=O) groups excluding carboxylic acids is 1. The van der Waals surface area contributed by atoms with Gasteiger partial charge in [-0.2, -0.15) is 0 Å². The first-order valence-electron chi connectivity index (χ1n) is 6.22. The predicted octanol–water partition coefficient (Wildman–Crippen LogP) is 3.38. The largest absolute Gasteiger partial charge is 0.497 e. The van der Waals surface area contributed by atoms with E-state index in [9.17, 15) is 4.79 Å². The van der Waals surface area contributed by atoms with E-state index in [4.69, 9.17) is 9.15 Å². The maximum Gasteiger partial charge on any atom is 0.228 e. The van der Waals surface area contributed by atoms with Gasteiger partial charge in [0.2, 0.25) is 5.78 Å². The lowest BCUT2D eigenvalue weighted by molar-refractivity contribution is 0.101. The van der Waals surface area contributed by atoms with Gasteiger partial charge in [0.25, 0.3) is 0 Å². The molecule has 0 N–H and O–H groups in total. The Morgan fingerprint density at radius 3 is 2.65 bits per heavy atom. The van der Waals surface area contributed by atoms with Crippen molar-refractivity contribution in [3.05, 3.63) is 59.6 Å². The Kier molecular flexibility index (Phi) is 2.99. The maximum absolute atomic E-state index is 12.4. The molecular formula is C16H13NO3. The first-order chi connectivity index (χ1) is 9.70. The molecule has 0 aliphatic heterocycles. The van der Waals surface area contributed by atoms with Crippen molar-refractivity contribution in [2.24, 2.45) is 0 Å². The molecule has 0 radical (unpaired) electrons. The number of pyridine rings is 1. The van der Waals surface area contributed by atoms with Crippen molar-refractivity contribution >= 4 is 16.8 Å². The van der Waals surface area contributed by atoms with Crippen LogP contribution in [0.5, 0.6) is 5.75 Å². The van der Waals surface area contributed by atoms with E-state index in [-0.39, 0.29) is 5.78 Å². The Morgan fingerprint density at radius 1 is 1.20 bits per heavy atom. The summed E-state index contributed by atoms with van der Waals surface area (Å²) in [6, 6.07) is 8.85. The number of ketones is 1. The lowest BCUT2D eigenvalue weighted by Gasteiger charge is -1.98. The van der Waals surface area contributed by atoms with Crippen LogP contribution in [0.3, 0.4) is 0 Å². The Morgan fingerprint density at radius 2 is 1.95 bits per heavy atom. The average Bonchev–Trinajstić information content (AvgIpc) is 2.84. The number of methoxy groups -OCH3 is 1. The summed E-state index contributed by atoms with van der Waals surface area (Å²) >= 11 is 0. The molecule has 4 heteroatoms. The van der Waals surface area contributed by atoms with Gasteiger partial charge in [-0.3, -0.25) is 9.78 Å². The molecule has 0 aliphatic carbocycles. The summed E-state index contributed by atoms with van der Waals surface area (Å²) in [5.74, 6) is 0.962. The monoisotopic (exact) mass is 267 g/mol. The fourth-order valence-corrected chi connectivity index (χ4v) is 2.18. The van der Waals surface area contributed by atoms with Crippen molar-refractivity contribution < 1.29 is 13.9 Å². The first kappa shape index (κ1) is 12.4. The highest BCUT2D eigenvalue weighted by Gasteiger charge is 2.19. The number of benzene rings is 1. The quantitative estimate of drug-likeness (QED) is 0.683. The van der Waals surface area contributed by atoms with Crippen molar-refractivity contribution in [3.8, 4) is 5.75 Å². The summed E-state index contributed by atoms with van der Waals surface area (Å²) in [4.78, 5) is 16.3. The third-order valence-corrected chi connectivity index (χ3v) is 3.29. The molecule has 3 rings (SSSR count). The highest BCUT2D eigenvalue weighted by atomic mass is 16.5. The maximum atomic E-state index is 12.4. The second kappa shape index (κ2) is 4.81. The van der Waals surface area contributed by atoms with Crippen LogP contribution in [0.15, 0.2) is 47.1 Å². The van der Waals surface area contributed by atoms with E-state index in [1.165, 1.54) is 0 Å². The Labute approximate surface area is 116 Å². The highest BCUT2D eigenvalue weighted by molar-refractivity contribution is 6.10. The fraction of sp³-hybridized carbons (Fsp3) is 0.125. The lowest BCUT2D eigenvalue weighted by atomic mass is 10.1. The Hall–Kier alpha value is -2.62. The van der Waals surface area contributed by atoms with E-state index in [1.807, 2.05) is 25.1 Å². The van der Waals surface area contributed by atoms with Gasteiger partial charge in [-0.05, 0) is 37.3 Å². The summed E-state index contributed by atoms with van der Waals surface area (Å²) in [5.41, 5.74) is 2.07. The summed E-state index contributed by atoms with van der Waals surface area (Å²) in [6.45, 7) is 1.87. The van der Waals surface area contributed by atoms with Crippen LogP contribution in [0, 0.1) is 6.92 Å². The summed E-state index contributed by atoms with van der Waals surface area (Å²) in [5, 5.41) is 0.891. The third-order valence-electron chi connectivity index (χ3n) is 3.29. The van der Waals surface area contributed by atoms with Crippen molar-refractivity contribution in [2.45, 2.75) is 6.92 Å². The molecule has 0 bridgehead atoms. The molecule has 0 saturated carbocycles. The van der Waals surface area contributed by atoms with E-state index >= 15 is 0 Å². The molecule has 20 heavy (non-hydrogen) atoms. The normalized spacial score (nSPS) is 10.7. The van der Waals surface area contributed by atoms with Gasteiger partial charge in [0.15, 0.2) is 5.76 Å². The molecular weight excluding hydrogens is 254 g/mol. The van der Waals surface area contributed by atoms with Gasteiger partial charge in [0, 0.05) is 28.9 Å². The van der Waals surface area contributed by atoms with Crippen molar-refractivity contribution in [2.75, 3.05) is 7.11 Å². The van der Waals surface area contributed by atoms with Crippen LogP contribution in [0.4, 0.5) is 0 Å². The minimum absolute atomic E-state index is 0.139. The molecule has 100 valence electrons. The van der Waals surface area contributed by atoms with Crippen LogP contribution < -0.4 is 4.74 Å². The first-order valence-corrected chi connectivity index (χ1v) is 6.22. The lowest BCUT2D eigenvalue weighted by Crippen LogP contribution is -2.01. The number of ether oxygens (including phenoxy) is 1. The zero-order valence-electron chi connectivity index (χ0n) is 11.2. The van der Waals surface area contributed by atoms with Crippen LogP contribution >= 0.6 is 0 Å². The summed E-state index contributed by atoms with van der Waals surface area (Å²) in [7, 11) is 1.61. The molecule has 4 nitrogen and oxygen atoms in total. The van der Waals surface area contributed by atoms with Crippen molar-refractivity contribution in [3.63, 3.8) is 0 Å². The second-order valence-corrected chi connectivity index (χ2v) is 4.48. The number of fused-ring (bicyclic) bond motifs is 1. The molecule has 0 aliphatic rings. The third kappa shape index (κ3) is 1.95. The van der Waals surface area contributed by atoms with E-state index in [0.717, 1.165) is 16.7 Å². The minimum atomic E-state index is -0.139. The number of aryl methyl sites for hydroxylation is 1. The van der Waals surface area contributed by atoms with E-state index in [0.29, 0.717) is 16.9 Å². The molecule has 2 heterocycles. The molecule has 0 saturated heterocycles. The zero-order valence-corrected chi connectivity index (χ0v) is 11.2. The number of hydrogen-bond donors (Lipinski definition) is 0. The van der Waals surface area contributed by atoms with Crippen LogP contribution in [-0.4, -0.2) is 17.9 Å². The molecule has 0 spiro atoms. The fourth-order valence-electron chi connectivity index (χ4n) is 2.18. The summed E-state index contributed by atoms with van der Waals surface area (Å²) < 4.78 is 10.9. The van der Waals surface area contributed by atoms with Crippen LogP contribution in [0.1, 0.15) is 21.7 Å². The van der Waals surface area contributed by atoms with Gasteiger partial charge >= 0.3 is 0 Å². The number of furan rings is 1. The molecule has 0 unspecified atom stereocenters. The minimum Gasteiger partial charge on any atom is -0.497 e. The number of carbonyl (C=O) groups is 1. The van der Waals surface area contributed by atoms with E-state index in [1.54, 1.807) is 31.6 Å². The number of hydrogen-bond acceptors (Lipinski definition) is 4. The van der Waals surface area contributed by atoms with Gasteiger partial charge in [-0.15, -0.1) is 0 Å². The van der Waals surface area contributed by atoms with Gasteiger partial charge < -0.3 is 9.15 Å². The molecule has 0 atom stereocenters. The van der Waals surface area contributed by atoms with E-state index < -0.39 is 0 Å². The van der Waals surface area contributed by atoms with Crippen LogP contribution in [0.2, 0.25) is 0 Å². The van der Waals surface area contributed by atoms with Crippen LogP contribution in [0.25, 0.3) is 11.0 Å². The smallest absolute Gasteiger partial charge is 0.228 e. The highest BCUT2D eigenvalue weighted by Crippen LogP contribution is 2.29. The predicted molar refractivity (Wildman–Crippen MR) is 75.2 cm³/mol. The van der Waals surface area contributed by atoms with Gasteiger partial charge in [0.05, 0.1) is 7.11 Å². The van der Waals surface area contributed by atoms with Crippen molar-refractivity contribution in [1.82, 2.24) is 4.98 Å². The number of aromatic nitrogens is 1. The number of rotatable bonds is 3. The topological polar surface area (TPSA) is 52.3 Å². The standard InChI is InChI=1S/C16H13NO3/c1-10-13-9-12(19-2)3-4-14(13)20-16(10)15(18)11-5-7-17-8-6-11/h3-9H,1-2H3. The Balaban J connectivity index is 2.13. The van der Waals surface area contributed by atoms with Gasteiger partial charge in [-0.25, -0.2) is 0 Å². The zero-order chi connectivity index (χ0) is 14.1. The molecule has 0 fully saturated rings. The SMILES string of the molecule is COc1ccc2oc(C(=O)c3ccncc3)c(C)c2c1. The van der Waals surface area contributed by atoms with Gasteiger partial charge in [0.1, 0.15) is 11.3 Å². The second-order valence-electron chi connectivity index (χ2n) is 4.48. The molecule has 1 aromatic carbocycles. The average molecular weight is 267 g/mol. The molecule has 2 aromatic heterocycles.